The summed E-state index contributed by atoms with van der Waals surface area (Å²) in [5, 5.41) is 20.7. The number of hydrogen-bond acceptors (Lipinski definition) is 4. The molecule has 1 fully saturated rings. The third-order valence-electron chi connectivity index (χ3n) is 5.59. The van der Waals surface area contributed by atoms with Crippen molar-refractivity contribution in [2.24, 2.45) is 0 Å². The quantitative estimate of drug-likeness (QED) is 0.545. The summed E-state index contributed by atoms with van der Waals surface area (Å²) in [7, 11) is 0. The van der Waals surface area contributed by atoms with Crippen molar-refractivity contribution in [2.75, 3.05) is 26.2 Å². The zero-order valence-electron chi connectivity index (χ0n) is 17.3. The first-order valence-electron chi connectivity index (χ1n) is 10.1. The van der Waals surface area contributed by atoms with Crippen LogP contribution in [-0.4, -0.2) is 47.5 Å². The van der Waals surface area contributed by atoms with Gasteiger partial charge in [0.25, 0.3) is 0 Å². The van der Waals surface area contributed by atoms with Crippen LogP contribution in [0.5, 0.6) is 5.75 Å². The minimum Gasteiger partial charge on any atom is -0.491 e. The van der Waals surface area contributed by atoms with E-state index in [0.717, 1.165) is 36.4 Å². The summed E-state index contributed by atoms with van der Waals surface area (Å²) in [6, 6.07) is 7.45. The van der Waals surface area contributed by atoms with Gasteiger partial charge in [-0.3, -0.25) is 0 Å². The highest BCUT2D eigenvalue weighted by molar-refractivity contribution is 6.31. The Bertz CT molecular complexity index is 941. The molecule has 0 aliphatic carbocycles. The van der Waals surface area contributed by atoms with Crippen LogP contribution < -0.4 is 4.74 Å². The van der Waals surface area contributed by atoms with Crippen molar-refractivity contribution in [3.8, 4) is 5.75 Å². The van der Waals surface area contributed by atoms with E-state index in [0.29, 0.717) is 13.1 Å². The van der Waals surface area contributed by atoms with E-state index in [-0.39, 0.29) is 37.3 Å². The van der Waals surface area contributed by atoms with Crippen molar-refractivity contribution < 1.29 is 41.3 Å². The van der Waals surface area contributed by atoms with Gasteiger partial charge in [0.2, 0.25) is 0 Å². The van der Waals surface area contributed by atoms with Crippen LogP contribution >= 0.6 is 11.6 Å². The molecule has 0 saturated carbocycles. The second-order valence-electron chi connectivity index (χ2n) is 8.01. The molecule has 0 unspecified atom stereocenters. The number of aliphatic hydroxyl groups is 2. The first-order chi connectivity index (χ1) is 15.3. The summed E-state index contributed by atoms with van der Waals surface area (Å²) in [5.74, 6) is 0.179. The van der Waals surface area contributed by atoms with E-state index in [9.17, 15) is 36.6 Å². The maximum absolute atomic E-state index is 13.1. The van der Waals surface area contributed by atoms with Gasteiger partial charge in [-0.15, -0.1) is 0 Å². The van der Waals surface area contributed by atoms with Crippen molar-refractivity contribution in [2.45, 2.75) is 36.9 Å². The van der Waals surface area contributed by atoms with Gasteiger partial charge in [0.1, 0.15) is 18.5 Å². The Morgan fingerprint density at radius 3 is 2.12 bits per heavy atom. The molecule has 0 amide bonds. The van der Waals surface area contributed by atoms with Crippen molar-refractivity contribution in [3.63, 3.8) is 0 Å². The molecule has 3 rings (SSSR count). The number of aliphatic hydroxyl groups excluding tert-OH is 1. The molecule has 182 valence electrons. The van der Waals surface area contributed by atoms with Gasteiger partial charge in [0.05, 0.1) is 21.8 Å². The van der Waals surface area contributed by atoms with Gasteiger partial charge >= 0.3 is 12.4 Å². The van der Waals surface area contributed by atoms with Crippen LogP contribution in [0.4, 0.5) is 26.3 Å². The summed E-state index contributed by atoms with van der Waals surface area (Å²) in [6.07, 6.45) is -9.74. The van der Waals surface area contributed by atoms with Crippen molar-refractivity contribution in [3.05, 3.63) is 64.2 Å². The monoisotopic (exact) mass is 497 g/mol. The number of halogens is 7. The minimum atomic E-state index is -4.64. The first-order valence-corrected chi connectivity index (χ1v) is 10.5. The number of ether oxygens (including phenoxy) is 1. The number of nitrogens with zero attached hydrogens (tertiary/aromatic N) is 1. The lowest BCUT2D eigenvalue weighted by Gasteiger charge is -2.39. The molecule has 1 atom stereocenters. The molecule has 0 spiro atoms. The SMILES string of the molecule is O[C@@H](COc1ccc(C(F)(F)F)cc1)CN1CCC(O)(c2ccc(Cl)c(C(F)(F)F)c2)CC1. The lowest BCUT2D eigenvalue weighted by Crippen LogP contribution is -2.46. The molecule has 1 aliphatic heterocycles. The molecule has 2 aromatic carbocycles. The summed E-state index contributed by atoms with van der Waals surface area (Å²) in [4.78, 5) is 1.83. The molecule has 4 nitrogen and oxygen atoms in total. The lowest BCUT2D eigenvalue weighted by molar-refractivity contribution is -0.138. The summed E-state index contributed by atoms with van der Waals surface area (Å²) in [5.41, 5.74) is -3.14. The topological polar surface area (TPSA) is 52.9 Å². The molecular weight excluding hydrogens is 476 g/mol. The van der Waals surface area contributed by atoms with Gasteiger partial charge in [-0.1, -0.05) is 17.7 Å². The average molecular weight is 498 g/mol. The number of piperidine rings is 1. The van der Waals surface area contributed by atoms with E-state index < -0.39 is 40.2 Å². The lowest BCUT2D eigenvalue weighted by atomic mass is 9.83. The van der Waals surface area contributed by atoms with E-state index >= 15 is 0 Å². The fourth-order valence-electron chi connectivity index (χ4n) is 3.71. The maximum Gasteiger partial charge on any atom is 0.417 e. The fourth-order valence-corrected chi connectivity index (χ4v) is 3.93. The fraction of sp³-hybridized carbons (Fsp3) is 0.455. The van der Waals surface area contributed by atoms with Crippen LogP contribution in [0.3, 0.4) is 0 Å². The van der Waals surface area contributed by atoms with Gasteiger partial charge in [-0.25, -0.2) is 0 Å². The Balaban J connectivity index is 1.52. The van der Waals surface area contributed by atoms with Crippen LogP contribution in [0.25, 0.3) is 0 Å². The summed E-state index contributed by atoms with van der Waals surface area (Å²) < 4.78 is 82.5. The average Bonchev–Trinajstić information content (AvgIpc) is 2.73. The summed E-state index contributed by atoms with van der Waals surface area (Å²) >= 11 is 5.65. The van der Waals surface area contributed by atoms with E-state index in [1.807, 2.05) is 4.90 Å². The second-order valence-corrected chi connectivity index (χ2v) is 8.42. The standard InChI is InChI=1S/C22H22ClF6NO3/c23-19-6-3-15(11-18(19)22(27,28)29)20(32)7-9-30(10-8-20)12-16(31)13-33-17-4-1-14(2-5-17)21(24,25)26/h1-6,11,16,31-32H,7-10,12-13H2/t16-/m1/s1. The first kappa shape index (κ1) is 25.6. The molecule has 11 heteroatoms. The van der Waals surface area contributed by atoms with Crippen LogP contribution in [0.2, 0.25) is 5.02 Å². The molecule has 2 N–H and O–H groups in total. The Morgan fingerprint density at radius 1 is 0.970 bits per heavy atom. The highest BCUT2D eigenvalue weighted by Gasteiger charge is 2.38. The van der Waals surface area contributed by atoms with Crippen LogP contribution in [-0.2, 0) is 18.0 Å². The molecule has 1 saturated heterocycles. The zero-order chi connectivity index (χ0) is 24.4. The minimum absolute atomic E-state index is 0.130. The number of rotatable bonds is 6. The maximum atomic E-state index is 13.1. The number of benzene rings is 2. The van der Waals surface area contributed by atoms with Gasteiger partial charge in [-0.05, 0) is 54.8 Å². The highest BCUT2D eigenvalue weighted by Crippen LogP contribution is 2.40. The van der Waals surface area contributed by atoms with Gasteiger partial charge in [0, 0.05) is 19.6 Å². The second kappa shape index (κ2) is 9.69. The predicted molar refractivity (Wildman–Crippen MR) is 109 cm³/mol. The number of likely N-dealkylation sites (tertiary alicyclic amines) is 1. The summed E-state index contributed by atoms with van der Waals surface area (Å²) in [6.45, 7) is 0.652. The van der Waals surface area contributed by atoms with E-state index in [1.165, 1.54) is 6.07 Å². The van der Waals surface area contributed by atoms with E-state index in [4.69, 9.17) is 16.3 Å². The molecule has 0 radical (unpaired) electrons. The van der Waals surface area contributed by atoms with E-state index in [1.54, 1.807) is 0 Å². The molecule has 0 aromatic heterocycles. The van der Waals surface area contributed by atoms with Crippen molar-refractivity contribution in [1.29, 1.82) is 0 Å². The van der Waals surface area contributed by atoms with Gasteiger partial charge in [0.15, 0.2) is 0 Å². The number of hydrogen-bond donors (Lipinski definition) is 2. The molecule has 33 heavy (non-hydrogen) atoms. The largest absolute Gasteiger partial charge is 0.491 e. The highest BCUT2D eigenvalue weighted by atomic mass is 35.5. The third-order valence-corrected chi connectivity index (χ3v) is 5.91. The van der Waals surface area contributed by atoms with Crippen LogP contribution in [0, 0.1) is 0 Å². The smallest absolute Gasteiger partial charge is 0.417 e. The van der Waals surface area contributed by atoms with Gasteiger partial charge in [-0.2, -0.15) is 26.3 Å². The van der Waals surface area contributed by atoms with Crippen molar-refractivity contribution in [1.82, 2.24) is 4.90 Å². The van der Waals surface area contributed by atoms with E-state index in [2.05, 4.69) is 0 Å². The predicted octanol–water partition coefficient (Wildman–Crippen LogP) is 5.10. The van der Waals surface area contributed by atoms with Gasteiger partial charge < -0.3 is 19.8 Å². The molecule has 0 bridgehead atoms. The third kappa shape index (κ3) is 6.53. The Kier molecular flexibility index (Phi) is 7.52. The molecule has 1 aliphatic rings. The van der Waals surface area contributed by atoms with Crippen LogP contribution in [0.1, 0.15) is 29.5 Å². The Labute approximate surface area is 191 Å². The Hall–Kier alpha value is -2.01. The van der Waals surface area contributed by atoms with Crippen molar-refractivity contribution >= 4 is 11.6 Å². The molecule has 1 heterocycles. The normalized spacial score (nSPS) is 18.2. The Morgan fingerprint density at radius 2 is 1.58 bits per heavy atom. The number of β-amino-alcohol motifs (C(OH)–C–C–N with tert-alkyl or cyclic N) is 1. The molecular formula is C22H22ClF6NO3. The zero-order valence-corrected chi connectivity index (χ0v) is 18.0. The van der Waals surface area contributed by atoms with Crippen LogP contribution in [0.15, 0.2) is 42.5 Å². The molecule has 2 aromatic rings. The number of alkyl halides is 6.